The molecular weight excluding hydrogens is 167 g/mol. The van der Waals surface area contributed by atoms with Crippen LogP contribution in [0.15, 0.2) is 24.8 Å². The molecule has 1 nitrogen and oxygen atoms in total. The summed E-state index contributed by atoms with van der Waals surface area (Å²) in [5, 5.41) is 9.43. The summed E-state index contributed by atoms with van der Waals surface area (Å²) in [5.74, 6) is 0.742. The van der Waals surface area contributed by atoms with E-state index >= 15 is 0 Å². The highest BCUT2D eigenvalue weighted by molar-refractivity contribution is 5.62. The summed E-state index contributed by atoms with van der Waals surface area (Å²) in [6.07, 6.45) is 1.53. The van der Waals surface area contributed by atoms with Crippen LogP contribution in [0.5, 0.6) is 5.75 Å². The van der Waals surface area contributed by atoms with Gasteiger partial charge in [0.25, 0.3) is 0 Å². The van der Waals surface area contributed by atoms with Gasteiger partial charge in [0.2, 0.25) is 0 Å². The average molecular weight is 179 g/mol. The van der Waals surface area contributed by atoms with Crippen molar-refractivity contribution in [3.63, 3.8) is 0 Å². The number of hydrogen-bond acceptors (Lipinski definition) is 1. The van der Waals surface area contributed by atoms with Crippen molar-refractivity contribution >= 4 is 6.08 Å². The predicted molar refractivity (Wildman–Crippen MR) is 52.2 cm³/mol. The lowest BCUT2D eigenvalue weighted by Gasteiger charge is -2.11. The molecule has 0 bridgehead atoms. The summed E-state index contributed by atoms with van der Waals surface area (Å²) >= 11 is 0. The molecule has 1 N–H and O–H groups in total. The zero-order chi connectivity index (χ0) is 9.84. The van der Waals surface area contributed by atoms with Gasteiger partial charge in [-0.1, -0.05) is 31.7 Å². The zero-order valence-electron chi connectivity index (χ0n) is 7.55. The van der Waals surface area contributed by atoms with Crippen molar-refractivity contribution in [2.75, 3.05) is 6.67 Å². The molecule has 0 fully saturated rings. The van der Waals surface area contributed by atoms with E-state index in [2.05, 4.69) is 6.58 Å². The summed E-state index contributed by atoms with van der Waals surface area (Å²) in [7, 11) is 0. The largest absolute Gasteiger partial charge is 0.507 e. The Morgan fingerprint density at radius 1 is 1.62 bits per heavy atom. The van der Waals surface area contributed by atoms with Crippen LogP contribution in [0, 0.1) is 5.92 Å². The Labute approximate surface area is 77.5 Å². The lowest BCUT2D eigenvalue weighted by Crippen LogP contribution is -1.99. The summed E-state index contributed by atoms with van der Waals surface area (Å²) in [4.78, 5) is 0. The number of hydrogen-bond donors (Lipinski definition) is 1. The number of halogens is 1. The quantitative estimate of drug-likeness (QED) is 0.756. The Morgan fingerprint density at radius 3 is 2.85 bits per heavy atom. The minimum Gasteiger partial charge on any atom is -0.507 e. The molecule has 0 heterocycles. The molecule has 0 aliphatic carbocycles. The molecule has 0 unspecified atom stereocenters. The van der Waals surface area contributed by atoms with Gasteiger partial charge < -0.3 is 5.11 Å². The maximum Gasteiger partial charge on any atom is 0.123 e. The number of phenolic OH excluding ortho intramolecular Hbond substituents is 1. The van der Waals surface area contributed by atoms with Crippen molar-refractivity contribution in [1.29, 1.82) is 0 Å². The number of benzene rings is 1. The third-order valence-electron chi connectivity index (χ3n) is 1.95. The summed E-state index contributed by atoms with van der Waals surface area (Å²) in [5.41, 5.74) is 1.31. The Morgan fingerprint density at radius 2 is 2.31 bits per heavy atom. The first kappa shape index (κ1) is 9.78. The van der Waals surface area contributed by atoms with Crippen molar-refractivity contribution < 1.29 is 9.50 Å². The molecule has 0 aliphatic rings. The molecule has 1 aromatic carbocycles. The van der Waals surface area contributed by atoms with E-state index in [1.165, 1.54) is 6.08 Å². The standard InChI is InChI=1S/C11H12FO/c1-3-9-10(8(2)7-12)5-4-6-11(9)13/h3-6,13H,1,7H2,2H3. The van der Waals surface area contributed by atoms with E-state index < -0.39 is 6.67 Å². The van der Waals surface area contributed by atoms with E-state index in [-0.39, 0.29) is 5.75 Å². The second-order valence-corrected chi connectivity index (χ2v) is 2.86. The first-order valence-electron chi connectivity index (χ1n) is 4.04. The molecule has 0 saturated carbocycles. The molecule has 1 rings (SSSR count). The van der Waals surface area contributed by atoms with E-state index in [4.69, 9.17) is 0 Å². The van der Waals surface area contributed by atoms with Crippen LogP contribution >= 0.6 is 0 Å². The smallest absolute Gasteiger partial charge is 0.123 e. The maximum absolute atomic E-state index is 12.4. The minimum atomic E-state index is -0.510. The molecule has 2 heteroatoms. The van der Waals surface area contributed by atoms with E-state index in [9.17, 15) is 9.50 Å². The highest BCUT2D eigenvalue weighted by Gasteiger charge is 2.11. The molecule has 69 valence electrons. The Bertz CT molecular complexity index is 307. The van der Waals surface area contributed by atoms with Crippen LogP contribution in [0.2, 0.25) is 0 Å². The summed E-state index contributed by atoms with van der Waals surface area (Å²) < 4.78 is 12.4. The predicted octanol–water partition coefficient (Wildman–Crippen LogP) is 2.95. The fourth-order valence-corrected chi connectivity index (χ4v) is 1.21. The van der Waals surface area contributed by atoms with E-state index in [0.717, 1.165) is 5.56 Å². The van der Waals surface area contributed by atoms with Crippen molar-refractivity contribution in [3.05, 3.63) is 41.8 Å². The molecule has 0 aromatic heterocycles. The average Bonchev–Trinajstić information content (AvgIpc) is 2.16. The number of rotatable bonds is 3. The fourth-order valence-electron chi connectivity index (χ4n) is 1.21. The normalized spacial score (nSPS) is 10.4. The van der Waals surface area contributed by atoms with Crippen molar-refractivity contribution in [3.8, 4) is 5.75 Å². The number of alkyl halides is 1. The Hall–Kier alpha value is -1.31. The highest BCUT2D eigenvalue weighted by atomic mass is 19.1. The van der Waals surface area contributed by atoms with Crippen molar-refractivity contribution in [2.24, 2.45) is 0 Å². The molecule has 0 aliphatic heterocycles. The molecule has 0 atom stereocenters. The van der Waals surface area contributed by atoms with Gasteiger partial charge in [0.15, 0.2) is 0 Å². The van der Waals surface area contributed by atoms with Gasteiger partial charge in [-0.3, -0.25) is 4.39 Å². The Balaban J connectivity index is 3.19. The summed E-state index contributed by atoms with van der Waals surface area (Å²) in [6.45, 7) is 4.76. The van der Waals surface area contributed by atoms with Crippen LogP contribution in [0.3, 0.4) is 0 Å². The lowest BCUT2D eigenvalue weighted by atomic mass is 9.96. The summed E-state index contributed by atoms with van der Waals surface area (Å²) in [6, 6.07) is 5.02. The van der Waals surface area contributed by atoms with Gasteiger partial charge in [-0.25, -0.2) is 0 Å². The molecule has 0 saturated heterocycles. The molecule has 0 amide bonds. The van der Waals surface area contributed by atoms with E-state index in [0.29, 0.717) is 11.5 Å². The van der Waals surface area contributed by atoms with Crippen molar-refractivity contribution in [1.82, 2.24) is 0 Å². The van der Waals surface area contributed by atoms with Gasteiger partial charge in [-0.05, 0) is 11.6 Å². The van der Waals surface area contributed by atoms with Crippen LogP contribution in [-0.2, 0) is 0 Å². The first-order valence-corrected chi connectivity index (χ1v) is 4.04. The second-order valence-electron chi connectivity index (χ2n) is 2.86. The van der Waals surface area contributed by atoms with Gasteiger partial charge in [0.05, 0.1) is 6.67 Å². The molecule has 1 aromatic rings. The molecule has 1 radical (unpaired) electrons. The molecule has 0 spiro atoms. The third kappa shape index (κ3) is 1.89. The SMILES string of the molecule is C=Cc1c(O)cccc1[C](C)CF. The van der Waals surface area contributed by atoms with Crippen LogP contribution in [0.25, 0.3) is 6.08 Å². The van der Waals surface area contributed by atoms with Gasteiger partial charge in [0.1, 0.15) is 5.75 Å². The first-order chi connectivity index (χ1) is 6.20. The van der Waals surface area contributed by atoms with Crippen LogP contribution in [0.1, 0.15) is 18.1 Å². The number of aromatic hydroxyl groups is 1. The topological polar surface area (TPSA) is 20.2 Å². The Kier molecular flexibility index (Phi) is 3.07. The van der Waals surface area contributed by atoms with Crippen LogP contribution in [-0.4, -0.2) is 11.8 Å². The maximum atomic E-state index is 12.4. The molecule has 13 heavy (non-hydrogen) atoms. The van der Waals surface area contributed by atoms with Crippen LogP contribution in [0.4, 0.5) is 4.39 Å². The highest BCUT2D eigenvalue weighted by Crippen LogP contribution is 2.27. The van der Waals surface area contributed by atoms with Gasteiger partial charge in [0, 0.05) is 11.5 Å². The van der Waals surface area contributed by atoms with Crippen LogP contribution < -0.4 is 0 Å². The lowest BCUT2D eigenvalue weighted by molar-refractivity contribution is 0.472. The van der Waals surface area contributed by atoms with Gasteiger partial charge in [-0.2, -0.15) is 0 Å². The fraction of sp³-hybridized carbons (Fsp3) is 0.182. The van der Waals surface area contributed by atoms with Crippen molar-refractivity contribution in [2.45, 2.75) is 6.92 Å². The monoisotopic (exact) mass is 179 g/mol. The van der Waals surface area contributed by atoms with E-state index in [1.54, 1.807) is 25.1 Å². The van der Waals surface area contributed by atoms with Gasteiger partial charge >= 0.3 is 0 Å². The molecular formula is C11H12FO. The minimum absolute atomic E-state index is 0.139. The second kappa shape index (κ2) is 4.08. The zero-order valence-corrected chi connectivity index (χ0v) is 7.55. The third-order valence-corrected chi connectivity index (χ3v) is 1.95. The van der Waals surface area contributed by atoms with E-state index in [1.807, 2.05) is 0 Å². The number of phenols is 1. The van der Waals surface area contributed by atoms with Gasteiger partial charge in [-0.15, -0.1) is 0 Å².